The lowest BCUT2D eigenvalue weighted by atomic mass is 9.54. The molecule has 1 heterocycles. The van der Waals surface area contributed by atoms with Crippen LogP contribution < -0.4 is 10.1 Å². The molecule has 2 amide bonds. The fraction of sp³-hybridized carbons (Fsp3) is 0.692. The smallest absolute Gasteiger partial charge is 0.260 e. The van der Waals surface area contributed by atoms with Crippen molar-refractivity contribution in [3.8, 4) is 5.75 Å². The number of nitrogens with zero attached hydrogens (tertiary/aromatic N) is 1. The molecule has 1 saturated heterocycles. The molecule has 0 radical (unpaired) electrons. The number of hydrogen-bond acceptors (Lipinski definition) is 3. The lowest BCUT2D eigenvalue weighted by molar-refractivity contribution is -0.139. The number of benzene rings is 1. The lowest BCUT2D eigenvalue weighted by Gasteiger charge is -2.54. The number of amides is 2. The first kappa shape index (κ1) is 20.8. The van der Waals surface area contributed by atoms with Crippen molar-refractivity contribution in [1.29, 1.82) is 0 Å². The average molecular weight is 425 g/mol. The van der Waals surface area contributed by atoms with Gasteiger partial charge in [-0.25, -0.2) is 0 Å². The van der Waals surface area contributed by atoms with E-state index in [0.717, 1.165) is 24.7 Å². The van der Waals surface area contributed by atoms with E-state index in [-0.39, 0.29) is 30.5 Å². The molecule has 5 heteroatoms. The molecule has 5 aliphatic rings. The first-order valence-electron chi connectivity index (χ1n) is 12.3. The van der Waals surface area contributed by atoms with Crippen molar-refractivity contribution < 1.29 is 14.3 Å². The molecule has 0 spiro atoms. The minimum atomic E-state index is 0.0241. The molecule has 4 saturated carbocycles. The Morgan fingerprint density at radius 2 is 1.52 bits per heavy atom. The van der Waals surface area contributed by atoms with Gasteiger partial charge in [-0.05, 0) is 113 Å². The molecule has 1 aliphatic heterocycles. The van der Waals surface area contributed by atoms with Gasteiger partial charge < -0.3 is 15.0 Å². The van der Waals surface area contributed by atoms with E-state index in [9.17, 15) is 9.59 Å². The van der Waals surface area contributed by atoms with Crippen molar-refractivity contribution in [3.63, 3.8) is 0 Å². The second-order valence-electron chi connectivity index (χ2n) is 10.7. The van der Waals surface area contributed by atoms with Crippen molar-refractivity contribution in [2.45, 2.75) is 83.3 Å². The number of likely N-dealkylation sites (tertiary alicyclic amines) is 1. The minimum absolute atomic E-state index is 0.0241. The third kappa shape index (κ3) is 4.20. The second kappa shape index (κ2) is 8.48. The van der Waals surface area contributed by atoms with Gasteiger partial charge in [-0.3, -0.25) is 9.59 Å². The van der Waals surface area contributed by atoms with E-state index in [0.29, 0.717) is 29.2 Å². The maximum atomic E-state index is 12.9. The Morgan fingerprint density at radius 1 is 0.935 bits per heavy atom. The predicted octanol–water partition coefficient (Wildman–Crippen LogP) is 4.41. The third-order valence-electron chi connectivity index (χ3n) is 8.48. The third-order valence-corrected chi connectivity index (χ3v) is 8.48. The van der Waals surface area contributed by atoms with Gasteiger partial charge in [0.05, 0.1) is 0 Å². The zero-order valence-corrected chi connectivity index (χ0v) is 18.9. The van der Waals surface area contributed by atoms with Gasteiger partial charge in [0.25, 0.3) is 11.8 Å². The SMILES string of the molecule is CC1CCCC(C)N1C(=O)COc1ccc(C(=O)NC2C3CC4CC(C3)CC2C4)cc1. The second-order valence-corrected chi connectivity index (χ2v) is 10.7. The molecular weight excluding hydrogens is 388 g/mol. The molecule has 4 aliphatic carbocycles. The van der Waals surface area contributed by atoms with Gasteiger partial charge in [-0.15, -0.1) is 0 Å². The summed E-state index contributed by atoms with van der Waals surface area (Å²) >= 11 is 0. The molecule has 2 unspecified atom stereocenters. The van der Waals surface area contributed by atoms with Crippen LogP contribution in [0.4, 0.5) is 0 Å². The molecule has 1 N–H and O–H groups in total. The number of carbonyl (C=O) groups is 2. The van der Waals surface area contributed by atoms with Crippen LogP contribution in [0.1, 0.15) is 75.6 Å². The van der Waals surface area contributed by atoms with Crippen molar-refractivity contribution >= 4 is 11.8 Å². The monoisotopic (exact) mass is 424 g/mol. The fourth-order valence-corrected chi connectivity index (χ4v) is 7.23. The molecule has 31 heavy (non-hydrogen) atoms. The van der Waals surface area contributed by atoms with Gasteiger partial charge in [-0.1, -0.05) is 0 Å². The maximum Gasteiger partial charge on any atom is 0.260 e. The summed E-state index contributed by atoms with van der Waals surface area (Å²) < 4.78 is 5.76. The Morgan fingerprint density at radius 3 is 2.10 bits per heavy atom. The first-order valence-corrected chi connectivity index (χ1v) is 12.3. The van der Waals surface area contributed by atoms with Gasteiger partial charge in [0.1, 0.15) is 5.75 Å². The molecule has 0 aromatic heterocycles. The molecule has 5 fully saturated rings. The Balaban J connectivity index is 1.15. The van der Waals surface area contributed by atoms with Crippen LogP contribution in [-0.2, 0) is 4.79 Å². The normalized spacial score (nSPS) is 36.3. The molecule has 2 atom stereocenters. The average Bonchev–Trinajstić information content (AvgIpc) is 2.74. The van der Waals surface area contributed by atoms with E-state index in [2.05, 4.69) is 19.2 Å². The highest BCUT2D eigenvalue weighted by molar-refractivity contribution is 5.94. The van der Waals surface area contributed by atoms with Crippen LogP contribution in [-0.4, -0.2) is 41.4 Å². The molecule has 4 bridgehead atoms. The molecule has 6 rings (SSSR count). The van der Waals surface area contributed by atoms with E-state index in [4.69, 9.17) is 4.74 Å². The summed E-state index contributed by atoms with van der Waals surface area (Å²) in [5.74, 6) is 3.87. The number of nitrogens with one attached hydrogen (secondary N) is 1. The van der Waals surface area contributed by atoms with Gasteiger partial charge in [0.15, 0.2) is 6.61 Å². The van der Waals surface area contributed by atoms with Crippen LogP contribution in [0, 0.1) is 23.7 Å². The topological polar surface area (TPSA) is 58.6 Å². The standard InChI is InChI=1S/C26H36N2O3/c1-16-4-3-5-17(2)28(16)24(29)15-31-23-8-6-20(7-9-23)26(30)27-25-21-11-18-10-19(13-21)14-22(25)12-18/h6-9,16-19,21-22,25H,3-5,10-15H2,1-2H3,(H,27,30). The Hall–Kier alpha value is -2.04. The highest BCUT2D eigenvalue weighted by Gasteiger charge is 2.48. The molecular formula is C26H36N2O3. The summed E-state index contributed by atoms with van der Waals surface area (Å²) in [6, 6.07) is 8.15. The minimum Gasteiger partial charge on any atom is -0.484 e. The van der Waals surface area contributed by atoms with Crippen molar-refractivity contribution in [2.24, 2.45) is 23.7 Å². The van der Waals surface area contributed by atoms with Crippen molar-refractivity contribution in [2.75, 3.05) is 6.61 Å². The fourth-order valence-electron chi connectivity index (χ4n) is 7.23. The Bertz CT molecular complexity index is 782. The van der Waals surface area contributed by atoms with Crippen LogP contribution in [0.5, 0.6) is 5.75 Å². The number of rotatable bonds is 5. The number of hydrogen-bond donors (Lipinski definition) is 1. The predicted molar refractivity (Wildman–Crippen MR) is 120 cm³/mol. The summed E-state index contributed by atoms with van der Waals surface area (Å²) in [7, 11) is 0. The van der Waals surface area contributed by atoms with Crippen LogP contribution in [0.15, 0.2) is 24.3 Å². The highest BCUT2D eigenvalue weighted by atomic mass is 16.5. The summed E-state index contributed by atoms with van der Waals surface area (Å²) in [6.45, 7) is 4.28. The number of ether oxygens (including phenoxy) is 1. The summed E-state index contributed by atoms with van der Waals surface area (Å²) in [6.07, 6.45) is 9.92. The van der Waals surface area contributed by atoms with Crippen LogP contribution >= 0.6 is 0 Å². The zero-order valence-electron chi connectivity index (χ0n) is 18.9. The summed E-state index contributed by atoms with van der Waals surface area (Å²) in [4.78, 5) is 27.5. The summed E-state index contributed by atoms with van der Waals surface area (Å²) in [5.41, 5.74) is 0.672. The van der Waals surface area contributed by atoms with E-state index in [1.54, 1.807) is 0 Å². The van der Waals surface area contributed by atoms with Gasteiger partial charge in [0.2, 0.25) is 0 Å². The quantitative estimate of drug-likeness (QED) is 0.762. The van der Waals surface area contributed by atoms with Crippen LogP contribution in [0.2, 0.25) is 0 Å². The number of carbonyl (C=O) groups excluding carboxylic acids is 2. The van der Waals surface area contributed by atoms with Crippen LogP contribution in [0.3, 0.4) is 0 Å². The van der Waals surface area contributed by atoms with Crippen molar-refractivity contribution in [3.05, 3.63) is 29.8 Å². The Labute approximate surface area is 185 Å². The number of piperidine rings is 1. The van der Waals surface area contributed by atoms with Crippen LogP contribution in [0.25, 0.3) is 0 Å². The van der Waals surface area contributed by atoms with E-state index < -0.39 is 0 Å². The molecule has 168 valence electrons. The Kier molecular flexibility index (Phi) is 5.70. The molecule has 1 aromatic rings. The largest absolute Gasteiger partial charge is 0.484 e. The lowest BCUT2D eigenvalue weighted by Crippen LogP contribution is -2.55. The molecule has 1 aromatic carbocycles. The van der Waals surface area contributed by atoms with E-state index in [1.807, 2.05) is 29.2 Å². The maximum absolute atomic E-state index is 12.9. The van der Waals surface area contributed by atoms with Gasteiger partial charge in [0, 0.05) is 23.7 Å². The van der Waals surface area contributed by atoms with Gasteiger partial charge in [-0.2, -0.15) is 0 Å². The van der Waals surface area contributed by atoms with Gasteiger partial charge >= 0.3 is 0 Å². The molecule has 5 nitrogen and oxygen atoms in total. The van der Waals surface area contributed by atoms with Crippen molar-refractivity contribution in [1.82, 2.24) is 10.2 Å². The van der Waals surface area contributed by atoms with E-state index in [1.165, 1.54) is 38.5 Å². The zero-order chi connectivity index (χ0) is 21.5. The first-order chi connectivity index (χ1) is 15.0. The summed E-state index contributed by atoms with van der Waals surface area (Å²) in [5, 5.41) is 3.36. The van der Waals surface area contributed by atoms with E-state index >= 15 is 0 Å². The highest BCUT2D eigenvalue weighted by Crippen LogP contribution is 2.53.